The first-order valence-electron chi connectivity index (χ1n) is 9.73. The molecule has 1 unspecified atom stereocenters. The first kappa shape index (κ1) is 23.6. The lowest BCUT2D eigenvalue weighted by molar-refractivity contribution is -0.117. The molecule has 0 bridgehead atoms. The second-order valence-electron chi connectivity index (χ2n) is 6.93. The second-order valence-corrected chi connectivity index (χ2v) is 9.42. The molecule has 32 heavy (non-hydrogen) atoms. The van der Waals surface area contributed by atoms with Crippen LogP contribution in [0.5, 0.6) is 17.2 Å². The van der Waals surface area contributed by atoms with Crippen LogP contribution in [0, 0.1) is 13.8 Å². The number of rotatable bonds is 8. The van der Waals surface area contributed by atoms with E-state index in [4.69, 9.17) is 14.2 Å². The highest BCUT2D eigenvalue weighted by atomic mass is 32.1. The predicted molar refractivity (Wildman–Crippen MR) is 127 cm³/mol. The van der Waals surface area contributed by atoms with E-state index in [1.807, 2.05) is 26.0 Å². The fourth-order valence-electron chi connectivity index (χ4n) is 3.01. The second kappa shape index (κ2) is 10.0. The van der Waals surface area contributed by atoms with E-state index in [2.05, 4.69) is 15.6 Å². The van der Waals surface area contributed by atoms with Crippen LogP contribution in [0.2, 0.25) is 0 Å². The van der Waals surface area contributed by atoms with Crippen molar-refractivity contribution >= 4 is 39.6 Å². The number of thiophene rings is 1. The zero-order valence-corrected chi connectivity index (χ0v) is 20.3. The van der Waals surface area contributed by atoms with Gasteiger partial charge in [0.15, 0.2) is 16.6 Å². The fraction of sp³-hybridized carbons (Fsp3) is 0.318. The summed E-state index contributed by atoms with van der Waals surface area (Å²) >= 11 is 3.05. The summed E-state index contributed by atoms with van der Waals surface area (Å²) in [6.45, 7) is 5.61. The van der Waals surface area contributed by atoms with Crippen LogP contribution in [0.4, 0.5) is 5.13 Å². The minimum absolute atomic E-state index is 0.277. The topological polar surface area (TPSA) is 98.8 Å². The molecule has 0 saturated carbocycles. The van der Waals surface area contributed by atoms with E-state index in [9.17, 15) is 9.59 Å². The lowest BCUT2D eigenvalue weighted by Crippen LogP contribution is -2.41. The molecule has 0 aliphatic heterocycles. The molecule has 2 heterocycles. The van der Waals surface area contributed by atoms with Crippen molar-refractivity contribution in [1.29, 1.82) is 0 Å². The van der Waals surface area contributed by atoms with Crippen LogP contribution in [-0.4, -0.2) is 44.2 Å². The number of nitrogens with zero attached hydrogens (tertiary/aromatic N) is 1. The highest BCUT2D eigenvalue weighted by Gasteiger charge is 2.22. The van der Waals surface area contributed by atoms with Crippen molar-refractivity contribution in [2.24, 2.45) is 0 Å². The minimum Gasteiger partial charge on any atom is -0.493 e. The third kappa shape index (κ3) is 5.03. The van der Waals surface area contributed by atoms with Gasteiger partial charge in [-0.1, -0.05) is 0 Å². The first-order valence-corrected chi connectivity index (χ1v) is 11.4. The standard InChI is InChI=1S/C22H25N3O5S2/c1-11-7-8-17(31-11)18-13(3)32-22(24-18)25-20(26)12(2)23-21(27)14-9-15(28-4)19(30-6)16(10-14)29-5/h7-10,12H,1-6H3,(H,23,27)(H,24,25,26). The number of ether oxygens (including phenoxy) is 3. The summed E-state index contributed by atoms with van der Waals surface area (Å²) in [5.74, 6) is 0.270. The molecule has 3 rings (SSSR count). The summed E-state index contributed by atoms with van der Waals surface area (Å²) in [5.41, 5.74) is 1.14. The summed E-state index contributed by atoms with van der Waals surface area (Å²) in [4.78, 5) is 33.2. The number of nitrogens with one attached hydrogen (secondary N) is 2. The molecule has 2 N–H and O–H groups in total. The number of aromatic nitrogens is 1. The predicted octanol–water partition coefficient (Wildman–Crippen LogP) is 4.27. The quantitative estimate of drug-likeness (QED) is 0.505. The third-order valence-corrected chi connectivity index (χ3v) is 6.56. The van der Waals surface area contributed by atoms with Crippen molar-refractivity contribution in [1.82, 2.24) is 10.3 Å². The van der Waals surface area contributed by atoms with Gasteiger partial charge in [-0.2, -0.15) is 0 Å². The van der Waals surface area contributed by atoms with Crippen LogP contribution in [0.1, 0.15) is 27.0 Å². The number of aryl methyl sites for hydroxylation is 2. The molecule has 2 aromatic heterocycles. The highest BCUT2D eigenvalue weighted by molar-refractivity contribution is 7.18. The van der Waals surface area contributed by atoms with Gasteiger partial charge in [-0.15, -0.1) is 22.7 Å². The molecule has 0 fully saturated rings. The largest absolute Gasteiger partial charge is 0.493 e. The third-order valence-electron chi connectivity index (χ3n) is 4.67. The van der Waals surface area contributed by atoms with Gasteiger partial charge in [0, 0.05) is 15.3 Å². The van der Waals surface area contributed by atoms with E-state index < -0.39 is 11.9 Å². The van der Waals surface area contributed by atoms with E-state index in [0.29, 0.717) is 22.4 Å². The molecule has 170 valence electrons. The number of methoxy groups -OCH3 is 3. The van der Waals surface area contributed by atoms with Gasteiger partial charge in [0.25, 0.3) is 5.91 Å². The van der Waals surface area contributed by atoms with Crippen LogP contribution < -0.4 is 24.8 Å². The molecule has 3 aromatic rings. The van der Waals surface area contributed by atoms with Crippen LogP contribution in [0.15, 0.2) is 24.3 Å². The monoisotopic (exact) mass is 475 g/mol. The van der Waals surface area contributed by atoms with E-state index >= 15 is 0 Å². The Morgan fingerprint density at radius 2 is 1.66 bits per heavy atom. The molecule has 0 aliphatic rings. The van der Waals surface area contributed by atoms with Gasteiger partial charge in [-0.25, -0.2) is 4.98 Å². The lowest BCUT2D eigenvalue weighted by Gasteiger charge is -2.16. The van der Waals surface area contributed by atoms with Gasteiger partial charge >= 0.3 is 0 Å². The van der Waals surface area contributed by atoms with Crippen LogP contribution >= 0.6 is 22.7 Å². The Labute approximate surface area is 194 Å². The van der Waals surface area contributed by atoms with Gasteiger partial charge < -0.3 is 24.8 Å². The van der Waals surface area contributed by atoms with Crippen LogP contribution in [-0.2, 0) is 4.79 Å². The summed E-state index contributed by atoms with van der Waals surface area (Å²) in [5, 5.41) is 5.97. The van der Waals surface area contributed by atoms with E-state index in [-0.39, 0.29) is 11.5 Å². The van der Waals surface area contributed by atoms with Crippen molar-refractivity contribution < 1.29 is 23.8 Å². The SMILES string of the molecule is COc1cc(C(=O)NC(C)C(=O)Nc2nc(-c3ccc(C)s3)c(C)s2)cc(OC)c1OC. The molecular formula is C22H25N3O5S2. The van der Waals surface area contributed by atoms with Crippen molar-refractivity contribution in [3.63, 3.8) is 0 Å². The smallest absolute Gasteiger partial charge is 0.252 e. The Hall–Kier alpha value is -3.11. The number of hydrogen-bond donors (Lipinski definition) is 2. The van der Waals surface area contributed by atoms with Gasteiger partial charge in [0.2, 0.25) is 11.7 Å². The molecule has 0 saturated heterocycles. The zero-order chi connectivity index (χ0) is 23.4. The number of thiazole rings is 1. The molecule has 0 spiro atoms. The van der Waals surface area contributed by atoms with E-state index in [1.165, 1.54) is 49.7 Å². The van der Waals surface area contributed by atoms with Gasteiger partial charge in [-0.05, 0) is 45.0 Å². The summed E-state index contributed by atoms with van der Waals surface area (Å²) in [7, 11) is 4.42. The van der Waals surface area contributed by atoms with Gasteiger partial charge in [0.05, 0.1) is 31.9 Å². The molecule has 10 heteroatoms. The Bertz CT molecular complexity index is 1110. The number of carbonyl (C=O) groups excluding carboxylic acids is 2. The van der Waals surface area contributed by atoms with E-state index in [0.717, 1.165) is 15.4 Å². The maximum Gasteiger partial charge on any atom is 0.252 e. The minimum atomic E-state index is -0.793. The maximum absolute atomic E-state index is 12.7. The Morgan fingerprint density at radius 3 is 2.19 bits per heavy atom. The average molecular weight is 476 g/mol. The Morgan fingerprint density at radius 1 is 1.00 bits per heavy atom. The summed E-state index contributed by atoms with van der Waals surface area (Å²) < 4.78 is 15.8. The van der Waals surface area contributed by atoms with Gasteiger partial charge in [0.1, 0.15) is 6.04 Å². The van der Waals surface area contributed by atoms with Crippen LogP contribution in [0.3, 0.4) is 0 Å². The van der Waals surface area contributed by atoms with Crippen molar-refractivity contribution in [2.45, 2.75) is 26.8 Å². The van der Waals surface area contributed by atoms with Crippen molar-refractivity contribution in [3.05, 3.63) is 39.6 Å². The summed E-state index contributed by atoms with van der Waals surface area (Å²) in [6.07, 6.45) is 0. The Balaban J connectivity index is 1.70. The molecule has 1 aromatic carbocycles. The first-order chi connectivity index (χ1) is 15.3. The van der Waals surface area contributed by atoms with Crippen molar-refractivity contribution in [2.75, 3.05) is 26.6 Å². The average Bonchev–Trinajstić information content (AvgIpc) is 3.36. The number of benzene rings is 1. The lowest BCUT2D eigenvalue weighted by atomic mass is 10.1. The molecule has 2 amide bonds. The van der Waals surface area contributed by atoms with Crippen molar-refractivity contribution in [3.8, 4) is 27.8 Å². The normalized spacial score (nSPS) is 11.6. The molecule has 0 aliphatic carbocycles. The fourth-order valence-corrected chi connectivity index (χ4v) is 4.82. The molecule has 8 nitrogen and oxygen atoms in total. The number of anilines is 1. The molecular weight excluding hydrogens is 450 g/mol. The highest BCUT2D eigenvalue weighted by Crippen LogP contribution is 2.38. The number of carbonyl (C=O) groups is 2. The maximum atomic E-state index is 12.7. The van der Waals surface area contributed by atoms with E-state index in [1.54, 1.807) is 18.3 Å². The summed E-state index contributed by atoms with van der Waals surface area (Å²) in [6, 6.07) is 6.33. The Kier molecular flexibility index (Phi) is 7.37. The molecule has 0 radical (unpaired) electrons. The van der Waals surface area contributed by atoms with Crippen LogP contribution in [0.25, 0.3) is 10.6 Å². The zero-order valence-electron chi connectivity index (χ0n) is 18.7. The number of amides is 2. The van der Waals surface area contributed by atoms with Gasteiger partial charge in [-0.3, -0.25) is 9.59 Å². The molecule has 1 atom stereocenters. The number of hydrogen-bond acceptors (Lipinski definition) is 8.